The molecule has 222 valence electrons. The number of benzene rings is 1. The van der Waals surface area contributed by atoms with Gasteiger partial charge in [0.1, 0.15) is 11.9 Å². The van der Waals surface area contributed by atoms with Crippen LogP contribution in [0.1, 0.15) is 49.7 Å². The van der Waals surface area contributed by atoms with Crippen molar-refractivity contribution < 1.29 is 32.6 Å². The van der Waals surface area contributed by atoms with Crippen molar-refractivity contribution in [3.63, 3.8) is 0 Å². The van der Waals surface area contributed by atoms with E-state index in [1.807, 2.05) is 0 Å². The lowest BCUT2D eigenvalue weighted by atomic mass is 10.1. The second kappa shape index (κ2) is 13.9. The number of Topliss-reactive ketones (excluding diaryl/α,β-unsaturated/α-hetero) is 1. The number of halogens is 3. The predicted octanol–water partition coefficient (Wildman–Crippen LogP) is 4.26. The highest BCUT2D eigenvalue weighted by molar-refractivity contribution is 5.90. The summed E-state index contributed by atoms with van der Waals surface area (Å²) in [5, 5.41) is 17.0. The molecule has 1 aliphatic rings. The van der Waals surface area contributed by atoms with E-state index in [9.17, 15) is 23.2 Å². The molecule has 0 unspecified atom stereocenters. The van der Waals surface area contributed by atoms with Crippen LogP contribution in [-0.2, 0) is 28.5 Å². The average molecular weight is 576 g/mol. The number of carbonyl (C=O) groups is 1. The van der Waals surface area contributed by atoms with E-state index in [0.29, 0.717) is 26.1 Å². The van der Waals surface area contributed by atoms with Crippen LogP contribution in [0.5, 0.6) is 0 Å². The Labute approximate surface area is 237 Å². The molecule has 41 heavy (non-hydrogen) atoms. The van der Waals surface area contributed by atoms with Crippen molar-refractivity contribution >= 4 is 28.3 Å². The largest absolute Gasteiger partial charge is 0.485 e. The zero-order valence-corrected chi connectivity index (χ0v) is 23.5. The van der Waals surface area contributed by atoms with Gasteiger partial charge in [-0.15, -0.1) is 0 Å². The highest BCUT2D eigenvalue weighted by atomic mass is 19.4. The van der Waals surface area contributed by atoms with E-state index >= 15 is 0 Å². The fraction of sp³-hybridized carbons (Fsp3) is 0.517. The number of rotatable bonds is 14. The molecule has 0 saturated carbocycles. The summed E-state index contributed by atoms with van der Waals surface area (Å²) in [7, 11) is 1.63. The van der Waals surface area contributed by atoms with Crippen molar-refractivity contribution in [1.29, 1.82) is 0 Å². The van der Waals surface area contributed by atoms with Crippen molar-refractivity contribution in [3.8, 4) is 0 Å². The van der Waals surface area contributed by atoms with Crippen LogP contribution in [0.3, 0.4) is 0 Å². The van der Waals surface area contributed by atoms with Crippen LogP contribution in [-0.4, -0.2) is 71.8 Å². The van der Waals surface area contributed by atoms with Gasteiger partial charge in [0.25, 0.3) is 5.82 Å². The standard InChI is InChI=1S/C29H37F3N6O3/c1-20(39)24(35-27-23-10-3-4-11-25(23)36-28(38(27)40)29(30,31)32)14-17-37(18-19-41-2)16-6-5-9-22-13-12-21-8-7-15-33-26(21)34-22/h3-4,10-13,24,40H,5-9,14-19H2,1-2H3,(H,33,34)/p+1/t24-/m0/s1. The third-order valence-electron chi connectivity index (χ3n) is 7.31. The number of aryl methyl sites for hydroxylation is 2. The molecule has 3 N–H and O–H groups in total. The maximum atomic E-state index is 13.6. The highest BCUT2D eigenvalue weighted by Crippen LogP contribution is 2.29. The summed E-state index contributed by atoms with van der Waals surface area (Å²) in [5.74, 6) is -0.949. The van der Waals surface area contributed by atoms with Gasteiger partial charge in [-0.05, 0) is 74.1 Å². The summed E-state index contributed by atoms with van der Waals surface area (Å²) in [4.78, 5) is 23.1. The molecule has 0 spiro atoms. The molecule has 3 aromatic rings. The van der Waals surface area contributed by atoms with E-state index in [1.54, 1.807) is 25.3 Å². The molecule has 12 heteroatoms. The number of carbonyl (C=O) groups excluding carboxylic acids is 1. The Morgan fingerprint density at radius 1 is 1.17 bits per heavy atom. The summed E-state index contributed by atoms with van der Waals surface area (Å²) in [6.07, 6.45) is 0.334. The molecule has 1 aromatic carbocycles. The molecule has 0 bridgehead atoms. The van der Waals surface area contributed by atoms with E-state index in [4.69, 9.17) is 9.72 Å². The molecule has 4 rings (SSSR count). The van der Waals surface area contributed by atoms with E-state index < -0.39 is 18.0 Å². The van der Waals surface area contributed by atoms with Crippen LogP contribution in [0.25, 0.3) is 10.9 Å². The zero-order valence-electron chi connectivity index (χ0n) is 23.5. The normalized spacial score (nSPS) is 14.1. The maximum absolute atomic E-state index is 13.6. The number of methoxy groups -OCH3 is 1. The number of ketones is 1. The number of hydrogen-bond donors (Lipinski definition) is 3. The van der Waals surface area contributed by atoms with Crippen LogP contribution in [0.2, 0.25) is 0 Å². The maximum Gasteiger partial charge on any atom is 0.485 e. The Morgan fingerprint density at radius 3 is 2.73 bits per heavy atom. The van der Waals surface area contributed by atoms with Gasteiger partial charge in [0.2, 0.25) is 0 Å². The monoisotopic (exact) mass is 575 g/mol. The molecule has 2 aromatic heterocycles. The molecule has 3 heterocycles. The molecule has 0 radical (unpaired) electrons. The SMILES string of the molecule is COCCN(CCCCc1ccc2c(n1)NCCC2)CC[C@H](Nc1c2ccccc2nc(C(F)(F)F)[n+]1O)C(C)=O. The molecule has 9 nitrogen and oxygen atoms in total. The first-order chi connectivity index (χ1) is 19.7. The van der Waals surface area contributed by atoms with Crippen molar-refractivity contribution in [3.05, 3.63) is 53.5 Å². The molecule has 0 aliphatic carbocycles. The minimum atomic E-state index is -4.89. The lowest BCUT2D eigenvalue weighted by Gasteiger charge is -2.24. The number of ether oxygens (including phenoxy) is 1. The molecule has 0 fully saturated rings. The van der Waals surface area contributed by atoms with Gasteiger partial charge < -0.3 is 20.2 Å². The van der Waals surface area contributed by atoms with Crippen LogP contribution in [0, 0.1) is 0 Å². The first-order valence-electron chi connectivity index (χ1n) is 14.0. The minimum absolute atomic E-state index is 0.00870. The lowest BCUT2D eigenvalue weighted by molar-refractivity contribution is -0.905. The molecule has 1 atom stereocenters. The summed E-state index contributed by atoms with van der Waals surface area (Å²) >= 11 is 0. The third-order valence-corrected chi connectivity index (χ3v) is 7.31. The van der Waals surface area contributed by atoms with E-state index in [2.05, 4.69) is 32.7 Å². The number of unbranched alkanes of at least 4 members (excludes halogenated alkanes) is 1. The summed E-state index contributed by atoms with van der Waals surface area (Å²) in [6.45, 7) is 4.78. The Hall–Kier alpha value is -3.51. The number of nitrogens with one attached hydrogen (secondary N) is 2. The Morgan fingerprint density at radius 2 is 1.98 bits per heavy atom. The van der Waals surface area contributed by atoms with Gasteiger partial charge in [0, 0.05) is 38.9 Å². The van der Waals surface area contributed by atoms with Crippen molar-refractivity contribution in [2.75, 3.05) is 50.5 Å². The number of pyridine rings is 1. The average Bonchev–Trinajstić information content (AvgIpc) is 2.95. The number of hydrogen-bond acceptors (Lipinski definition) is 8. The highest BCUT2D eigenvalue weighted by Gasteiger charge is 2.44. The van der Waals surface area contributed by atoms with E-state index in [1.165, 1.54) is 18.6 Å². The summed E-state index contributed by atoms with van der Waals surface area (Å²) < 4.78 is 46.0. The van der Waals surface area contributed by atoms with Crippen LogP contribution >= 0.6 is 0 Å². The molecular weight excluding hydrogens is 537 g/mol. The van der Waals surface area contributed by atoms with Gasteiger partial charge >= 0.3 is 12.0 Å². The Kier molecular flexibility index (Phi) is 10.3. The second-order valence-corrected chi connectivity index (χ2v) is 10.3. The minimum Gasteiger partial charge on any atom is -0.383 e. The Bertz CT molecular complexity index is 1340. The fourth-order valence-corrected chi connectivity index (χ4v) is 5.03. The first-order valence-corrected chi connectivity index (χ1v) is 14.0. The number of nitrogens with zero attached hydrogens (tertiary/aromatic N) is 4. The molecular formula is C29H38F3N6O3+. The first kappa shape index (κ1) is 30.4. The molecule has 0 amide bonds. The van der Waals surface area contributed by atoms with Crippen molar-refractivity contribution in [2.24, 2.45) is 0 Å². The number of anilines is 2. The second-order valence-electron chi connectivity index (χ2n) is 10.3. The lowest BCUT2D eigenvalue weighted by Crippen LogP contribution is -2.46. The smallest absolute Gasteiger partial charge is 0.383 e. The molecule has 1 aliphatic heterocycles. The Balaban J connectivity index is 1.39. The topological polar surface area (TPSA) is 103 Å². The van der Waals surface area contributed by atoms with E-state index in [-0.39, 0.29) is 27.2 Å². The van der Waals surface area contributed by atoms with Gasteiger partial charge in [0.05, 0.1) is 12.0 Å². The van der Waals surface area contributed by atoms with Gasteiger partial charge in [-0.1, -0.05) is 23.2 Å². The molecule has 0 saturated heterocycles. The van der Waals surface area contributed by atoms with Crippen molar-refractivity contribution in [1.82, 2.24) is 14.9 Å². The van der Waals surface area contributed by atoms with Crippen LogP contribution in [0.15, 0.2) is 36.4 Å². The van der Waals surface area contributed by atoms with Gasteiger partial charge in [-0.2, -0.15) is 13.2 Å². The van der Waals surface area contributed by atoms with Gasteiger partial charge in [-0.3, -0.25) is 10.1 Å². The summed E-state index contributed by atoms with van der Waals surface area (Å²) in [6, 6.07) is 9.61. The number of fused-ring (bicyclic) bond motifs is 2. The number of aromatic nitrogens is 3. The van der Waals surface area contributed by atoms with Crippen LogP contribution in [0.4, 0.5) is 24.8 Å². The van der Waals surface area contributed by atoms with E-state index in [0.717, 1.165) is 56.7 Å². The quantitative estimate of drug-likeness (QED) is 0.149. The van der Waals surface area contributed by atoms with Crippen LogP contribution < -0.4 is 15.4 Å². The number of alkyl halides is 3. The fourth-order valence-electron chi connectivity index (χ4n) is 5.03. The van der Waals surface area contributed by atoms with Gasteiger partial charge in [-0.25, -0.2) is 4.98 Å². The third kappa shape index (κ3) is 8.04. The van der Waals surface area contributed by atoms with Crippen molar-refractivity contribution in [2.45, 2.75) is 57.7 Å². The number of para-hydroxylation sites is 1. The zero-order chi connectivity index (χ0) is 29.4. The predicted molar refractivity (Wildman–Crippen MR) is 149 cm³/mol. The summed E-state index contributed by atoms with van der Waals surface area (Å²) in [5.41, 5.74) is 2.38. The van der Waals surface area contributed by atoms with Gasteiger partial charge in [0.15, 0.2) is 11.3 Å².